The first kappa shape index (κ1) is 23.3. The van der Waals surface area contributed by atoms with E-state index in [0.717, 1.165) is 24.2 Å². The highest BCUT2D eigenvalue weighted by Crippen LogP contribution is 2.26. The number of nitrogens with one attached hydrogen (secondary N) is 1. The van der Waals surface area contributed by atoms with Crippen molar-refractivity contribution in [2.45, 2.75) is 29.2 Å². The third-order valence-electron chi connectivity index (χ3n) is 5.50. The molecular formula is C20H25N3O6S3. The predicted molar refractivity (Wildman–Crippen MR) is 120 cm³/mol. The van der Waals surface area contributed by atoms with Crippen LogP contribution in [0.25, 0.3) is 0 Å². The summed E-state index contributed by atoms with van der Waals surface area (Å²) in [5, 5.41) is 4.32. The van der Waals surface area contributed by atoms with Crippen molar-refractivity contribution in [2.24, 2.45) is 0 Å². The number of nitrogens with zero attached hydrogens (tertiary/aromatic N) is 2. The van der Waals surface area contributed by atoms with Crippen molar-refractivity contribution in [3.63, 3.8) is 0 Å². The number of amides is 1. The van der Waals surface area contributed by atoms with E-state index in [9.17, 15) is 21.6 Å². The molecule has 0 spiro atoms. The van der Waals surface area contributed by atoms with Gasteiger partial charge in [-0.1, -0.05) is 12.1 Å². The minimum absolute atomic E-state index is 0.00560. The predicted octanol–water partition coefficient (Wildman–Crippen LogP) is 1.48. The molecule has 0 atom stereocenters. The molecule has 0 radical (unpaired) electrons. The molecule has 32 heavy (non-hydrogen) atoms. The van der Waals surface area contributed by atoms with Crippen molar-refractivity contribution < 1.29 is 26.4 Å². The maximum Gasteiger partial charge on any atom is 0.263 e. The zero-order chi connectivity index (χ0) is 22.8. The molecule has 0 unspecified atom stereocenters. The average molecular weight is 500 g/mol. The molecular weight excluding hydrogens is 474 g/mol. The number of benzene rings is 1. The van der Waals surface area contributed by atoms with Crippen LogP contribution in [0.2, 0.25) is 0 Å². The lowest BCUT2D eigenvalue weighted by Gasteiger charge is -2.26. The summed E-state index contributed by atoms with van der Waals surface area (Å²) in [6.45, 7) is 2.39. The standard InChI is InChI=1S/C20H25N3O6S3/c24-20(19-18(7-14-30-19)32(27,28)23-10-12-29-13-11-23)21-15-16-3-5-17(6-4-16)31(25,26)22-8-1-2-9-22/h3-7,14H,1-2,8-13,15H2,(H,21,24). The molecule has 2 saturated heterocycles. The summed E-state index contributed by atoms with van der Waals surface area (Å²) in [6.07, 6.45) is 1.74. The molecule has 0 aliphatic carbocycles. The van der Waals surface area contributed by atoms with Crippen LogP contribution in [0.4, 0.5) is 0 Å². The van der Waals surface area contributed by atoms with Gasteiger partial charge in [0, 0.05) is 32.7 Å². The van der Waals surface area contributed by atoms with Crippen LogP contribution < -0.4 is 5.32 Å². The number of hydrogen-bond donors (Lipinski definition) is 1. The van der Waals surface area contributed by atoms with Crippen molar-refractivity contribution in [3.05, 3.63) is 46.2 Å². The highest BCUT2D eigenvalue weighted by Gasteiger charge is 2.31. The van der Waals surface area contributed by atoms with Gasteiger partial charge in [-0.25, -0.2) is 16.8 Å². The average Bonchev–Trinajstić information content (AvgIpc) is 3.51. The summed E-state index contributed by atoms with van der Waals surface area (Å²) in [6, 6.07) is 7.83. The van der Waals surface area contributed by atoms with Gasteiger partial charge in [-0.15, -0.1) is 11.3 Å². The Kier molecular flexibility index (Phi) is 6.98. The summed E-state index contributed by atoms with van der Waals surface area (Å²) in [5.41, 5.74) is 0.716. The second-order valence-electron chi connectivity index (χ2n) is 7.57. The number of rotatable bonds is 7. The first-order valence-electron chi connectivity index (χ1n) is 10.3. The smallest absolute Gasteiger partial charge is 0.263 e. The quantitative estimate of drug-likeness (QED) is 0.618. The van der Waals surface area contributed by atoms with Crippen LogP contribution in [0, 0.1) is 0 Å². The summed E-state index contributed by atoms with van der Waals surface area (Å²) in [4.78, 5) is 13.1. The number of carbonyl (C=O) groups excluding carboxylic acids is 1. The molecule has 2 aliphatic rings. The van der Waals surface area contributed by atoms with Crippen LogP contribution in [-0.2, 0) is 31.3 Å². The molecule has 174 valence electrons. The second kappa shape index (κ2) is 9.57. The Bertz CT molecular complexity index is 1160. The Labute approximate surface area is 192 Å². The molecule has 1 aromatic heterocycles. The fraction of sp³-hybridized carbons (Fsp3) is 0.450. The molecule has 0 saturated carbocycles. The normalized spacial score (nSPS) is 18.6. The van der Waals surface area contributed by atoms with E-state index >= 15 is 0 Å². The number of thiophene rings is 1. The summed E-state index contributed by atoms with van der Waals surface area (Å²) in [5.74, 6) is -0.486. The van der Waals surface area contributed by atoms with Gasteiger partial charge in [-0.3, -0.25) is 4.79 Å². The van der Waals surface area contributed by atoms with E-state index in [4.69, 9.17) is 4.74 Å². The molecule has 0 bridgehead atoms. The van der Waals surface area contributed by atoms with E-state index in [1.54, 1.807) is 17.5 Å². The fourth-order valence-corrected chi connectivity index (χ4v) is 7.95. The molecule has 4 rings (SSSR count). The Morgan fingerprint density at radius 2 is 1.53 bits per heavy atom. The van der Waals surface area contributed by atoms with Gasteiger partial charge >= 0.3 is 0 Å². The number of sulfonamides is 2. The fourth-order valence-electron chi connectivity index (χ4n) is 3.71. The molecule has 3 heterocycles. The first-order valence-corrected chi connectivity index (χ1v) is 14.1. The Balaban J connectivity index is 1.42. The minimum Gasteiger partial charge on any atom is -0.379 e. The lowest BCUT2D eigenvalue weighted by atomic mass is 10.2. The number of ether oxygens (including phenoxy) is 1. The second-order valence-corrected chi connectivity index (χ2v) is 12.3. The molecule has 2 fully saturated rings. The number of morpholine rings is 1. The molecule has 12 heteroatoms. The van der Waals surface area contributed by atoms with Crippen LogP contribution in [0.5, 0.6) is 0 Å². The van der Waals surface area contributed by atoms with E-state index in [1.165, 1.54) is 26.8 Å². The number of hydrogen-bond acceptors (Lipinski definition) is 7. The number of carbonyl (C=O) groups is 1. The van der Waals surface area contributed by atoms with E-state index in [1.807, 2.05) is 0 Å². The van der Waals surface area contributed by atoms with Gasteiger partial charge in [0.15, 0.2) is 0 Å². The van der Waals surface area contributed by atoms with Crippen LogP contribution in [0.15, 0.2) is 45.5 Å². The topological polar surface area (TPSA) is 113 Å². The van der Waals surface area contributed by atoms with Crippen LogP contribution in [0.3, 0.4) is 0 Å². The van der Waals surface area contributed by atoms with Crippen molar-refractivity contribution in [1.29, 1.82) is 0 Å². The van der Waals surface area contributed by atoms with E-state index in [-0.39, 0.29) is 34.3 Å². The van der Waals surface area contributed by atoms with Gasteiger partial charge in [0.1, 0.15) is 9.77 Å². The van der Waals surface area contributed by atoms with Gasteiger partial charge in [-0.05, 0) is 42.0 Å². The third kappa shape index (κ3) is 4.75. The Hall–Kier alpha value is -1.83. The van der Waals surface area contributed by atoms with E-state index in [2.05, 4.69) is 5.32 Å². The maximum atomic E-state index is 12.9. The van der Waals surface area contributed by atoms with E-state index < -0.39 is 26.0 Å². The summed E-state index contributed by atoms with van der Waals surface area (Å²) < 4.78 is 59.1. The largest absolute Gasteiger partial charge is 0.379 e. The van der Waals surface area contributed by atoms with Crippen LogP contribution in [0.1, 0.15) is 28.1 Å². The minimum atomic E-state index is -3.78. The van der Waals surface area contributed by atoms with Gasteiger partial charge < -0.3 is 10.1 Å². The SMILES string of the molecule is O=C(NCc1ccc(S(=O)(=O)N2CCCC2)cc1)c1sccc1S(=O)(=O)N1CCOCC1. The van der Waals surface area contributed by atoms with Gasteiger partial charge in [0.05, 0.1) is 18.1 Å². The van der Waals surface area contributed by atoms with Crippen molar-refractivity contribution in [3.8, 4) is 0 Å². The molecule has 1 aromatic carbocycles. The highest BCUT2D eigenvalue weighted by atomic mass is 32.2. The van der Waals surface area contributed by atoms with Crippen LogP contribution in [-0.4, -0.2) is 70.7 Å². The van der Waals surface area contributed by atoms with Crippen molar-refractivity contribution in [1.82, 2.24) is 13.9 Å². The lowest BCUT2D eigenvalue weighted by Crippen LogP contribution is -2.41. The molecule has 2 aromatic rings. The Morgan fingerprint density at radius 3 is 2.19 bits per heavy atom. The molecule has 2 aliphatic heterocycles. The van der Waals surface area contributed by atoms with Crippen LogP contribution >= 0.6 is 11.3 Å². The lowest BCUT2D eigenvalue weighted by molar-refractivity contribution is 0.0730. The van der Waals surface area contributed by atoms with Gasteiger partial charge in [0.25, 0.3) is 5.91 Å². The Morgan fingerprint density at radius 1 is 0.906 bits per heavy atom. The first-order chi connectivity index (χ1) is 15.3. The monoisotopic (exact) mass is 499 g/mol. The van der Waals surface area contributed by atoms with Crippen molar-refractivity contribution in [2.75, 3.05) is 39.4 Å². The third-order valence-corrected chi connectivity index (χ3v) is 10.4. The zero-order valence-electron chi connectivity index (χ0n) is 17.4. The van der Waals surface area contributed by atoms with Gasteiger partial charge in [-0.2, -0.15) is 8.61 Å². The summed E-state index contributed by atoms with van der Waals surface area (Å²) >= 11 is 1.07. The summed E-state index contributed by atoms with van der Waals surface area (Å²) in [7, 11) is -7.26. The van der Waals surface area contributed by atoms with Gasteiger partial charge in [0.2, 0.25) is 20.0 Å². The molecule has 9 nitrogen and oxygen atoms in total. The van der Waals surface area contributed by atoms with E-state index in [0.29, 0.717) is 31.9 Å². The molecule has 1 amide bonds. The zero-order valence-corrected chi connectivity index (χ0v) is 19.8. The molecule has 1 N–H and O–H groups in total. The maximum absolute atomic E-state index is 12.9. The van der Waals surface area contributed by atoms with Crippen molar-refractivity contribution >= 4 is 37.3 Å². The highest BCUT2D eigenvalue weighted by molar-refractivity contribution is 7.89.